The first-order valence-electron chi connectivity index (χ1n) is 5.04. The van der Waals surface area contributed by atoms with E-state index in [0.717, 1.165) is 0 Å². The smallest absolute Gasteiger partial charge is 0.253 e. The maximum absolute atomic E-state index is 12.3. The van der Waals surface area contributed by atoms with Crippen molar-refractivity contribution in [2.45, 2.75) is 16.4 Å². The Bertz CT molecular complexity index is 502. The van der Waals surface area contributed by atoms with Crippen LogP contribution in [0.1, 0.15) is 0 Å². The molecule has 0 aliphatic carbocycles. The minimum Gasteiger partial charge on any atom is -0.390 e. The molecule has 17 heavy (non-hydrogen) atoms. The first-order chi connectivity index (χ1) is 7.94. The zero-order valence-electron chi connectivity index (χ0n) is 9.13. The van der Waals surface area contributed by atoms with Gasteiger partial charge in [0.1, 0.15) is 4.21 Å². The largest absolute Gasteiger partial charge is 0.390 e. The molecule has 1 saturated heterocycles. The minimum atomic E-state index is -3.54. The van der Waals surface area contributed by atoms with E-state index in [0.29, 0.717) is 17.6 Å². The number of halogens is 1. The van der Waals surface area contributed by atoms with Crippen LogP contribution in [0, 0.1) is 0 Å². The van der Waals surface area contributed by atoms with Crippen LogP contribution in [-0.4, -0.2) is 50.1 Å². The van der Waals surface area contributed by atoms with Crippen LogP contribution < -0.4 is 5.32 Å². The number of hydrogen-bond acceptors (Lipinski definition) is 5. The zero-order valence-corrected chi connectivity index (χ0v) is 12.3. The molecule has 0 bridgehead atoms. The standard InChI is InChI=1S/C9H13BrN2O3S2/c1-12(7-4-11-5-8(7)13)17(14,15)9-6(10)2-3-16-9/h2-3,7-8,11,13H,4-5H2,1H3/t7-,8-/m0/s1. The normalized spacial score (nSPS) is 25.6. The Morgan fingerprint density at radius 3 is 2.76 bits per heavy atom. The van der Waals surface area contributed by atoms with E-state index in [1.165, 1.54) is 22.7 Å². The predicted molar refractivity (Wildman–Crippen MR) is 69.6 cm³/mol. The third-order valence-corrected chi connectivity index (χ3v) is 7.35. The Balaban J connectivity index is 2.30. The summed E-state index contributed by atoms with van der Waals surface area (Å²) in [5, 5.41) is 14.4. The van der Waals surface area contributed by atoms with Crippen LogP contribution >= 0.6 is 27.3 Å². The summed E-state index contributed by atoms with van der Waals surface area (Å²) in [6.45, 7) is 0.899. The van der Waals surface area contributed by atoms with E-state index in [9.17, 15) is 13.5 Å². The molecule has 1 aliphatic rings. The fourth-order valence-electron chi connectivity index (χ4n) is 1.79. The lowest BCUT2D eigenvalue weighted by Crippen LogP contribution is -2.44. The summed E-state index contributed by atoms with van der Waals surface area (Å²) < 4.78 is 26.7. The van der Waals surface area contributed by atoms with Crippen molar-refractivity contribution >= 4 is 37.3 Å². The summed E-state index contributed by atoms with van der Waals surface area (Å²) in [4.78, 5) is 0. The average molecular weight is 341 g/mol. The number of hydrogen-bond donors (Lipinski definition) is 2. The maximum Gasteiger partial charge on any atom is 0.253 e. The molecule has 2 atom stereocenters. The molecule has 0 spiro atoms. The van der Waals surface area contributed by atoms with Gasteiger partial charge in [0.15, 0.2) is 0 Å². The molecule has 96 valence electrons. The first-order valence-corrected chi connectivity index (χ1v) is 8.15. The van der Waals surface area contributed by atoms with Gasteiger partial charge in [-0.15, -0.1) is 11.3 Å². The van der Waals surface area contributed by atoms with E-state index in [4.69, 9.17) is 0 Å². The van der Waals surface area contributed by atoms with Crippen LogP contribution in [0.5, 0.6) is 0 Å². The van der Waals surface area contributed by atoms with E-state index in [1.807, 2.05) is 0 Å². The van der Waals surface area contributed by atoms with E-state index in [2.05, 4.69) is 21.2 Å². The molecular weight excluding hydrogens is 328 g/mol. The van der Waals surface area contributed by atoms with Crippen LogP contribution in [0.2, 0.25) is 0 Å². The molecule has 0 radical (unpaired) electrons. The molecule has 2 N–H and O–H groups in total. The van der Waals surface area contributed by atoms with Crippen LogP contribution in [0.25, 0.3) is 0 Å². The summed E-state index contributed by atoms with van der Waals surface area (Å²) >= 11 is 4.39. The fraction of sp³-hybridized carbons (Fsp3) is 0.556. The summed E-state index contributed by atoms with van der Waals surface area (Å²) in [7, 11) is -2.04. The summed E-state index contributed by atoms with van der Waals surface area (Å²) in [5.74, 6) is 0. The van der Waals surface area contributed by atoms with Crippen molar-refractivity contribution in [3.05, 3.63) is 15.9 Å². The van der Waals surface area contributed by atoms with Gasteiger partial charge in [-0.05, 0) is 27.4 Å². The number of thiophene rings is 1. The van der Waals surface area contributed by atoms with Crippen molar-refractivity contribution in [1.29, 1.82) is 0 Å². The van der Waals surface area contributed by atoms with Crippen LogP contribution in [0.15, 0.2) is 20.1 Å². The van der Waals surface area contributed by atoms with Gasteiger partial charge in [-0.1, -0.05) is 0 Å². The van der Waals surface area contributed by atoms with Gasteiger partial charge in [-0.25, -0.2) is 8.42 Å². The highest BCUT2D eigenvalue weighted by atomic mass is 79.9. The van der Waals surface area contributed by atoms with Crippen molar-refractivity contribution in [1.82, 2.24) is 9.62 Å². The van der Waals surface area contributed by atoms with Gasteiger partial charge in [0, 0.05) is 24.6 Å². The summed E-state index contributed by atoms with van der Waals surface area (Å²) in [6, 6.07) is 1.29. The molecule has 0 amide bonds. The van der Waals surface area contributed by atoms with Gasteiger partial charge < -0.3 is 10.4 Å². The summed E-state index contributed by atoms with van der Waals surface area (Å²) in [6.07, 6.45) is -0.659. The number of sulfonamides is 1. The highest BCUT2D eigenvalue weighted by Crippen LogP contribution is 2.31. The molecule has 2 rings (SSSR count). The van der Waals surface area contributed by atoms with Crippen LogP contribution in [0.3, 0.4) is 0 Å². The SMILES string of the molecule is CN([C@H]1CNC[C@@H]1O)S(=O)(=O)c1sccc1Br. The number of β-amino-alcohol motifs (C(OH)–C–C–N with tert-alkyl or cyclic N) is 1. The number of likely N-dealkylation sites (N-methyl/N-ethyl adjacent to an activating group) is 1. The molecule has 5 nitrogen and oxygen atoms in total. The van der Waals surface area contributed by atoms with Gasteiger partial charge in [0.2, 0.25) is 0 Å². The highest BCUT2D eigenvalue weighted by Gasteiger charge is 2.36. The second kappa shape index (κ2) is 4.94. The van der Waals surface area contributed by atoms with Gasteiger partial charge in [0.05, 0.1) is 12.1 Å². The Morgan fingerprint density at radius 1 is 1.59 bits per heavy atom. The van der Waals surface area contributed by atoms with E-state index in [-0.39, 0.29) is 4.21 Å². The lowest BCUT2D eigenvalue weighted by molar-refractivity contribution is 0.136. The molecule has 0 unspecified atom stereocenters. The van der Waals surface area contributed by atoms with Crippen molar-refractivity contribution in [3.8, 4) is 0 Å². The van der Waals surface area contributed by atoms with Gasteiger partial charge in [-0.3, -0.25) is 0 Å². The third-order valence-electron chi connectivity index (χ3n) is 2.82. The highest BCUT2D eigenvalue weighted by molar-refractivity contribution is 9.10. The first kappa shape index (κ1) is 13.4. The molecule has 1 aromatic rings. The molecule has 8 heteroatoms. The third kappa shape index (κ3) is 2.42. The Morgan fingerprint density at radius 2 is 2.29 bits per heavy atom. The molecule has 0 saturated carbocycles. The average Bonchev–Trinajstić information content (AvgIpc) is 2.86. The van der Waals surface area contributed by atoms with Crippen molar-refractivity contribution in [3.63, 3.8) is 0 Å². The Kier molecular flexibility index (Phi) is 3.91. The van der Waals surface area contributed by atoms with E-state index >= 15 is 0 Å². The number of nitrogens with zero attached hydrogens (tertiary/aromatic N) is 1. The zero-order chi connectivity index (χ0) is 12.6. The quantitative estimate of drug-likeness (QED) is 0.838. The van der Waals surface area contributed by atoms with Crippen LogP contribution in [0.4, 0.5) is 0 Å². The summed E-state index contributed by atoms with van der Waals surface area (Å²) in [5.41, 5.74) is 0. The monoisotopic (exact) mass is 340 g/mol. The molecule has 1 fully saturated rings. The molecule has 1 aromatic heterocycles. The maximum atomic E-state index is 12.3. The topological polar surface area (TPSA) is 69.6 Å². The number of aliphatic hydroxyl groups excluding tert-OH is 1. The lowest BCUT2D eigenvalue weighted by atomic mass is 10.2. The molecular formula is C9H13BrN2O3S2. The van der Waals surface area contributed by atoms with Crippen molar-refractivity contribution in [2.24, 2.45) is 0 Å². The second-order valence-electron chi connectivity index (χ2n) is 3.87. The number of aliphatic hydroxyl groups is 1. The number of nitrogens with one attached hydrogen (secondary N) is 1. The lowest BCUT2D eigenvalue weighted by Gasteiger charge is -2.25. The van der Waals surface area contributed by atoms with Gasteiger partial charge in [0.25, 0.3) is 10.0 Å². The van der Waals surface area contributed by atoms with Gasteiger partial charge in [-0.2, -0.15) is 4.31 Å². The molecule has 1 aliphatic heterocycles. The van der Waals surface area contributed by atoms with Crippen molar-refractivity contribution in [2.75, 3.05) is 20.1 Å². The molecule has 2 heterocycles. The van der Waals surface area contributed by atoms with Crippen molar-refractivity contribution < 1.29 is 13.5 Å². The predicted octanol–water partition coefficient (Wildman–Crippen LogP) is 0.464. The minimum absolute atomic E-state index is 0.277. The molecule has 0 aromatic carbocycles. The Labute approximate surface area is 113 Å². The van der Waals surface area contributed by atoms with Gasteiger partial charge >= 0.3 is 0 Å². The number of rotatable bonds is 3. The van der Waals surface area contributed by atoms with E-state index < -0.39 is 22.2 Å². The fourth-order valence-corrected chi connectivity index (χ4v) is 5.66. The second-order valence-corrected chi connectivity index (χ2v) is 7.83. The van der Waals surface area contributed by atoms with E-state index in [1.54, 1.807) is 11.4 Å². The van der Waals surface area contributed by atoms with Crippen LogP contribution in [-0.2, 0) is 10.0 Å². The Hall–Kier alpha value is 0.01000.